The molecule has 178 valence electrons. The molecule has 1 saturated heterocycles. The molecule has 5 rings (SSSR count). The molecule has 1 fully saturated rings. The SMILES string of the molecule is CCOc1cc(/C(O)=C2\C(=O)C(=O)N(c3ccc4c(c3)OCO4)C2c2ccc(Cl)cc2)ccc1Cl. The monoisotopic (exact) mass is 511 g/mol. The molecule has 1 amide bonds. The first-order valence-electron chi connectivity index (χ1n) is 10.8. The van der Waals surface area contributed by atoms with E-state index in [2.05, 4.69) is 0 Å². The Hall–Kier alpha value is -3.68. The normalized spacial score (nSPS) is 18.3. The second-order valence-electron chi connectivity index (χ2n) is 7.84. The highest BCUT2D eigenvalue weighted by molar-refractivity contribution is 6.51. The number of benzene rings is 3. The van der Waals surface area contributed by atoms with E-state index in [0.717, 1.165) is 0 Å². The lowest BCUT2D eigenvalue weighted by molar-refractivity contribution is -0.132. The number of hydrogen-bond acceptors (Lipinski definition) is 6. The third-order valence-electron chi connectivity index (χ3n) is 5.77. The zero-order valence-corrected chi connectivity index (χ0v) is 20.0. The molecule has 1 atom stereocenters. The Kier molecular flexibility index (Phi) is 6.05. The van der Waals surface area contributed by atoms with E-state index in [0.29, 0.717) is 50.7 Å². The number of carbonyl (C=O) groups is 2. The fourth-order valence-corrected chi connectivity index (χ4v) is 4.46. The Morgan fingerprint density at radius 1 is 1.03 bits per heavy atom. The maximum absolute atomic E-state index is 13.3. The number of amides is 1. The van der Waals surface area contributed by atoms with Crippen LogP contribution in [0.2, 0.25) is 10.0 Å². The summed E-state index contributed by atoms with van der Waals surface area (Å²) in [6, 6.07) is 15.4. The number of hydrogen-bond donors (Lipinski definition) is 1. The maximum atomic E-state index is 13.3. The number of aliphatic hydroxyl groups is 1. The first kappa shape index (κ1) is 23.1. The van der Waals surface area contributed by atoms with Crippen molar-refractivity contribution in [3.8, 4) is 17.2 Å². The van der Waals surface area contributed by atoms with Crippen molar-refractivity contribution in [2.45, 2.75) is 13.0 Å². The van der Waals surface area contributed by atoms with E-state index >= 15 is 0 Å². The maximum Gasteiger partial charge on any atom is 0.300 e. The van der Waals surface area contributed by atoms with Gasteiger partial charge in [0.05, 0.1) is 23.2 Å². The zero-order valence-electron chi connectivity index (χ0n) is 18.5. The molecule has 0 saturated carbocycles. The van der Waals surface area contributed by atoms with Crippen LogP contribution in [-0.2, 0) is 9.59 Å². The van der Waals surface area contributed by atoms with Crippen LogP contribution in [0.15, 0.2) is 66.2 Å². The average molecular weight is 512 g/mol. The van der Waals surface area contributed by atoms with Crippen molar-refractivity contribution in [2.75, 3.05) is 18.3 Å². The number of aliphatic hydroxyl groups excluding tert-OH is 1. The van der Waals surface area contributed by atoms with Crippen LogP contribution in [-0.4, -0.2) is 30.2 Å². The summed E-state index contributed by atoms with van der Waals surface area (Å²) in [4.78, 5) is 28.0. The quantitative estimate of drug-likeness (QED) is 0.266. The smallest absolute Gasteiger partial charge is 0.300 e. The van der Waals surface area contributed by atoms with Gasteiger partial charge in [-0.05, 0) is 55.0 Å². The van der Waals surface area contributed by atoms with E-state index in [4.69, 9.17) is 37.4 Å². The fraction of sp³-hybridized carbons (Fsp3) is 0.154. The van der Waals surface area contributed by atoms with Gasteiger partial charge in [0, 0.05) is 22.3 Å². The fourth-order valence-electron chi connectivity index (χ4n) is 4.17. The molecule has 0 radical (unpaired) electrons. The van der Waals surface area contributed by atoms with Crippen LogP contribution in [0.3, 0.4) is 0 Å². The average Bonchev–Trinajstić information content (AvgIpc) is 3.42. The summed E-state index contributed by atoms with van der Waals surface area (Å²) in [6.07, 6.45) is 0. The molecule has 1 unspecified atom stereocenters. The highest BCUT2D eigenvalue weighted by Crippen LogP contribution is 2.45. The molecule has 7 nitrogen and oxygen atoms in total. The van der Waals surface area contributed by atoms with Gasteiger partial charge in [-0.2, -0.15) is 0 Å². The lowest BCUT2D eigenvalue weighted by Crippen LogP contribution is -2.29. The highest BCUT2D eigenvalue weighted by Gasteiger charge is 2.47. The third-order valence-corrected chi connectivity index (χ3v) is 6.33. The summed E-state index contributed by atoms with van der Waals surface area (Å²) in [5.41, 5.74) is 1.23. The molecule has 0 spiro atoms. The molecule has 0 bridgehead atoms. The molecular formula is C26H19Cl2NO6. The number of fused-ring (bicyclic) bond motifs is 1. The Bertz CT molecular complexity index is 1370. The number of Topliss-reactive ketones (excluding diaryl/α,β-unsaturated/α-hetero) is 1. The van der Waals surface area contributed by atoms with Gasteiger partial charge in [0.15, 0.2) is 11.5 Å². The zero-order chi connectivity index (χ0) is 24.7. The van der Waals surface area contributed by atoms with E-state index in [-0.39, 0.29) is 18.1 Å². The summed E-state index contributed by atoms with van der Waals surface area (Å²) in [6.45, 7) is 2.24. The second kappa shape index (κ2) is 9.17. The lowest BCUT2D eigenvalue weighted by atomic mass is 9.95. The second-order valence-corrected chi connectivity index (χ2v) is 8.68. The molecule has 35 heavy (non-hydrogen) atoms. The lowest BCUT2D eigenvalue weighted by Gasteiger charge is -2.25. The van der Waals surface area contributed by atoms with E-state index in [1.165, 1.54) is 11.0 Å². The van der Waals surface area contributed by atoms with Crippen molar-refractivity contribution in [3.05, 3.63) is 87.4 Å². The van der Waals surface area contributed by atoms with Crippen LogP contribution in [0.25, 0.3) is 5.76 Å². The molecule has 0 aliphatic carbocycles. The third kappa shape index (κ3) is 4.07. The molecule has 3 aromatic rings. The van der Waals surface area contributed by atoms with E-state index in [1.54, 1.807) is 61.5 Å². The van der Waals surface area contributed by atoms with Crippen LogP contribution in [0.1, 0.15) is 24.1 Å². The van der Waals surface area contributed by atoms with Crippen LogP contribution in [0, 0.1) is 0 Å². The van der Waals surface area contributed by atoms with Gasteiger partial charge in [-0.1, -0.05) is 35.3 Å². The Morgan fingerprint density at radius 2 is 1.77 bits per heavy atom. The van der Waals surface area contributed by atoms with Crippen molar-refractivity contribution in [1.29, 1.82) is 0 Å². The number of halogens is 2. The Balaban J connectivity index is 1.69. The van der Waals surface area contributed by atoms with Crippen LogP contribution < -0.4 is 19.1 Å². The van der Waals surface area contributed by atoms with Gasteiger partial charge in [-0.15, -0.1) is 0 Å². The number of rotatable bonds is 5. The molecule has 2 aliphatic rings. The minimum atomic E-state index is -0.918. The predicted octanol–water partition coefficient (Wildman–Crippen LogP) is 5.75. The minimum absolute atomic E-state index is 0.0664. The summed E-state index contributed by atoms with van der Waals surface area (Å²) in [5, 5.41) is 12.2. The molecule has 2 heterocycles. The highest BCUT2D eigenvalue weighted by atomic mass is 35.5. The number of carbonyl (C=O) groups excluding carboxylic acids is 2. The standard InChI is InChI=1S/C26H19Cl2NO6/c1-2-33-20-11-15(5-9-18(20)28)24(30)22-23(14-3-6-16(27)7-4-14)29(26(32)25(22)31)17-8-10-19-21(12-17)35-13-34-19/h3-12,23,30H,2,13H2,1H3/b24-22+. The molecule has 1 N–H and O–H groups in total. The van der Waals surface area contributed by atoms with Crippen molar-refractivity contribution in [1.82, 2.24) is 0 Å². The largest absolute Gasteiger partial charge is 0.507 e. The van der Waals surface area contributed by atoms with Gasteiger partial charge >= 0.3 is 0 Å². The summed E-state index contributed by atoms with van der Waals surface area (Å²) in [7, 11) is 0. The van der Waals surface area contributed by atoms with E-state index < -0.39 is 17.7 Å². The van der Waals surface area contributed by atoms with Gasteiger partial charge in [0.2, 0.25) is 6.79 Å². The van der Waals surface area contributed by atoms with Gasteiger partial charge in [0.1, 0.15) is 11.5 Å². The molecular weight excluding hydrogens is 493 g/mol. The topological polar surface area (TPSA) is 85.3 Å². The molecule has 0 aromatic heterocycles. The number of nitrogens with zero attached hydrogens (tertiary/aromatic N) is 1. The van der Waals surface area contributed by atoms with E-state index in [1.807, 2.05) is 0 Å². The van der Waals surface area contributed by atoms with Crippen LogP contribution >= 0.6 is 23.2 Å². The van der Waals surface area contributed by atoms with Crippen molar-refractivity contribution in [3.63, 3.8) is 0 Å². The van der Waals surface area contributed by atoms with Crippen LogP contribution in [0.4, 0.5) is 5.69 Å². The Morgan fingerprint density at radius 3 is 2.51 bits per heavy atom. The number of anilines is 1. The molecule has 3 aromatic carbocycles. The summed E-state index contributed by atoms with van der Waals surface area (Å²) < 4.78 is 16.4. The Labute approximate surface area is 211 Å². The first-order valence-corrected chi connectivity index (χ1v) is 11.5. The number of ketones is 1. The predicted molar refractivity (Wildman–Crippen MR) is 131 cm³/mol. The van der Waals surface area contributed by atoms with Crippen molar-refractivity contribution in [2.24, 2.45) is 0 Å². The first-order chi connectivity index (χ1) is 16.9. The van der Waals surface area contributed by atoms with Crippen molar-refractivity contribution >= 4 is 46.3 Å². The minimum Gasteiger partial charge on any atom is -0.507 e. The number of ether oxygens (including phenoxy) is 3. The van der Waals surface area contributed by atoms with Crippen molar-refractivity contribution < 1.29 is 28.9 Å². The van der Waals surface area contributed by atoms with Gasteiger partial charge < -0.3 is 19.3 Å². The van der Waals surface area contributed by atoms with Gasteiger partial charge in [-0.3, -0.25) is 14.5 Å². The van der Waals surface area contributed by atoms with Gasteiger partial charge in [0.25, 0.3) is 11.7 Å². The van der Waals surface area contributed by atoms with Crippen LogP contribution in [0.5, 0.6) is 17.2 Å². The summed E-state index contributed by atoms with van der Waals surface area (Å²) >= 11 is 12.3. The summed E-state index contributed by atoms with van der Waals surface area (Å²) in [5.74, 6) is -0.607. The molecule has 2 aliphatic heterocycles. The molecule has 9 heteroatoms. The van der Waals surface area contributed by atoms with Gasteiger partial charge in [-0.25, -0.2) is 0 Å². The van der Waals surface area contributed by atoms with E-state index in [9.17, 15) is 14.7 Å².